The number of unbranched alkanes of at least 4 members (excludes halogenated alkanes) is 4. The second kappa shape index (κ2) is 9.89. The Morgan fingerprint density at radius 3 is 2.41 bits per heavy atom. The van der Waals surface area contributed by atoms with Crippen LogP contribution >= 0.6 is 0 Å². The molecule has 124 valence electrons. The molecule has 0 bridgehead atoms. The first-order valence-corrected chi connectivity index (χ1v) is 9.17. The van der Waals surface area contributed by atoms with E-state index in [-0.39, 0.29) is 6.10 Å². The van der Waals surface area contributed by atoms with Crippen molar-refractivity contribution in [2.75, 3.05) is 13.2 Å². The number of benzene rings is 1. The maximum Gasteiger partial charge on any atom is 0.119 e. The van der Waals surface area contributed by atoms with Gasteiger partial charge >= 0.3 is 0 Å². The first kappa shape index (κ1) is 17.3. The number of hydrogen-bond acceptors (Lipinski definition) is 2. The van der Waals surface area contributed by atoms with Gasteiger partial charge < -0.3 is 9.47 Å². The van der Waals surface area contributed by atoms with Crippen LogP contribution in [0.2, 0.25) is 0 Å². The molecule has 1 aliphatic rings. The van der Waals surface area contributed by atoms with Crippen LogP contribution in [0.5, 0.6) is 5.75 Å². The fraction of sp³-hybridized carbons (Fsp3) is 0.700. The van der Waals surface area contributed by atoms with Crippen molar-refractivity contribution < 1.29 is 9.47 Å². The van der Waals surface area contributed by atoms with Crippen LogP contribution in [0.15, 0.2) is 24.3 Å². The molecule has 1 aliphatic heterocycles. The molecule has 0 aliphatic carbocycles. The molecule has 1 fully saturated rings. The molecule has 0 spiro atoms. The summed E-state index contributed by atoms with van der Waals surface area (Å²) < 4.78 is 11.6. The van der Waals surface area contributed by atoms with Gasteiger partial charge in [-0.05, 0) is 49.8 Å². The summed E-state index contributed by atoms with van der Waals surface area (Å²) in [4.78, 5) is 0. The van der Waals surface area contributed by atoms with Gasteiger partial charge in [0.1, 0.15) is 5.75 Å². The van der Waals surface area contributed by atoms with Gasteiger partial charge in [-0.25, -0.2) is 0 Å². The van der Waals surface area contributed by atoms with Gasteiger partial charge in [0.05, 0.1) is 19.3 Å². The Hall–Kier alpha value is -1.02. The molecule has 2 rings (SSSR count). The lowest BCUT2D eigenvalue weighted by molar-refractivity contribution is -0.0199. The van der Waals surface area contributed by atoms with Gasteiger partial charge in [0.15, 0.2) is 0 Å². The molecule has 0 N–H and O–H groups in total. The molecule has 0 aromatic heterocycles. The highest BCUT2D eigenvalue weighted by molar-refractivity contribution is 5.28. The quantitative estimate of drug-likeness (QED) is 0.528. The van der Waals surface area contributed by atoms with Crippen molar-refractivity contribution >= 4 is 0 Å². The van der Waals surface area contributed by atoms with Gasteiger partial charge in [-0.15, -0.1) is 0 Å². The van der Waals surface area contributed by atoms with E-state index in [1.807, 2.05) is 6.92 Å². The van der Waals surface area contributed by atoms with Gasteiger partial charge in [-0.3, -0.25) is 0 Å². The van der Waals surface area contributed by atoms with Crippen LogP contribution in [0.1, 0.15) is 76.9 Å². The van der Waals surface area contributed by atoms with E-state index >= 15 is 0 Å². The summed E-state index contributed by atoms with van der Waals surface area (Å²) >= 11 is 0. The van der Waals surface area contributed by atoms with Crippen molar-refractivity contribution in [2.24, 2.45) is 5.92 Å². The third-order valence-corrected chi connectivity index (χ3v) is 4.65. The molecule has 0 amide bonds. The van der Waals surface area contributed by atoms with Crippen molar-refractivity contribution in [3.63, 3.8) is 0 Å². The number of rotatable bonds is 9. The standard InChI is InChI=1S/C20H32O2/c1-3-5-6-7-8-9-17-10-15-20(22-16-17)18-11-13-19(14-12-18)21-4-2/h11-14,17,20H,3-10,15-16H2,1-2H3. The van der Waals surface area contributed by atoms with Gasteiger partial charge in [0.25, 0.3) is 0 Å². The van der Waals surface area contributed by atoms with Crippen molar-refractivity contribution in [1.82, 2.24) is 0 Å². The second-order valence-electron chi connectivity index (χ2n) is 6.47. The molecular formula is C20H32O2. The minimum atomic E-state index is 0.284. The first-order chi connectivity index (χ1) is 10.8. The second-order valence-corrected chi connectivity index (χ2v) is 6.47. The average molecular weight is 304 g/mol. The van der Waals surface area contributed by atoms with E-state index in [1.54, 1.807) is 0 Å². The highest BCUT2D eigenvalue weighted by atomic mass is 16.5. The van der Waals surface area contributed by atoms with E-state index in [0.29, 0.717) is 0 Å². The monoisotopic (exact) mass is 304 g/mol. The Labute approximate surface area is 136 Å². The van der Waals surface area contributed by atoms with Crippen LogP contribution in [-0.4, -0.2) is 13.2 Å². The van der Waals surface area contributed by atoms with Crippen molar-refractivity contribution in [3.05, 3.63) is 29.8 Å². The molecule has 0 radical (unpaired) electrons. The zero-order valence-corrected chi connectivity index (χ0v) is 14.4. The van der Waals surface area contributed by atoms with Gasteiger partial charge in [-0.2, -0.15) is 0 Å². The largest absolute Gasteiger partial charge is 0.494 e. The van der Waals surface area contributed by atoms with E-state index in [4.69, 9.17) is 9.47 Å². The number of ether oxygens (including phenoxy) is 2. The normalized spacial score (nSPS) is 21.7. The SMILES string of the molecule is CCCCCCCC1CCC(c2ccc(OCC)cc2)OC1. The molecule has 1 aromatic carbocycles. The average Bonchev–Trinajstić information content (AvgIpc) is 2.56. The summed E-state index contributed by atoms with van der Waals surface area (Å²) in [6, 6.07) is 8.42. The molecule has 2 heteroatoms. The molecule has 1 heterocycles. The van der Waals surface area contributed by atoms with Crippen molar-refractivity contribution in [3.8, 4) is 5.75 Å². The van der Waals surface area contributed by atoms with Gasteiger partial charge in [0.2, 0.25) is 0 Å². The van der Waals surface area contributed by atoms with E-state index in [9.17, 15) is 0 Å². The Balaban J connectivity index is 1.68. The third-order valence-electron chi connectivity index (χ3n) is 4.65. The summed E-state index contributed by atoms with van der Waals surface area (Å²) in [6.45, 7) is 5.95. The van der Waals surface area contributed by atoms with Crippen LogP contribution in [0.25, 0.3) is 0 Å². The summed E-state index contributed by atoms with van der Waals surface area (Å²) in [5.74, 6) is 1.73. The van der Waals surface area contributed by atoms with E-state index in [2.05, 4.69) is 31.2 Å². The summed E-state index contributed by atoms with van der Waals surface area (Å²) in [6.07, 6.45) is 11.0. The van der Waals surface area contributed by atoms with E-state index in [1.165, 1.54) is 50.5 Å². The van der Waals surface area contributed by atoms with Crippen LogP contribution in [0, 0.1) is 5.92 Å². The zero-order chi connectivity index (χ0) is 15.6. The molecule has 1 saturated heterocycles. The molecule has 0 saturated carbocycles. The van der Waals surface area contributed by atoms with Gasteiger partial charge in [0, 0.05) is 0 Å². The lowest BCUT2D eigenvalue weighted by atomic mass is 9.91. The number of hydrogen-bond donors (Lipinski definition) is 0. The van der Waals surface area contributed by atoms with Crippen molar-refractivity contribution in [1.29, 1.82) is 0 Å². The molecule has 2 nitrogen and oxygen atoms in total. The zero-order valence-electron chi connectivity index (χ0n) is 14.4. The molecule has 2 atom stereocenters. The van der Waals surface area contributed by atoms with Crippen LogP contribution in [-0.2, 0) is 4.74 Å². The minimum Gasteiger partial charge on any atom is -0.494 e. The Bertz CT molecular complexity index is 391. The fourth-order valence-electron chi connectivity index (χ4n) is 3.28. The van der Waals surface area contributed by atoms with E-state index in [0.717, 1.165) is 31.3 Å². The Kier molecular flexibility index (Phi) is 7.79. The lowest BCUT2D eigenvalue weighted by Crippen LogP contribution is -2.20. The predicted molar refractivity (Wildman–Crippen MR) is 92.4 cm³/mol. The maximum absolute atomic E-state index is 6.11. The lowest BCUT2D eigenvalue weighted by Gasteiger charge is -2.29. The first-order valence-electron chi connectivity index (χ1n) is 9.17. The van der Waals surface area contributed by atoms with Crippen molar-refractivity contribution in [2.45, 2.75) is 71.3 Å². The third kappa shape index (κ3) is 5.64. The highest BCUT2D eigenvalue weighted by Crippen LogP contribution is 2.33. The van der Waals surface area contributed by atoms with E-state index < -0.39 is 0 Å². The van der Waals surface area contributed by atoms with Crippen LogP contribution in [0.3, 0.4) is 0 Å². The predicted octanol–water partition coefficient (Wildman–Crippen LogP) is 5.91. The van der Waals surface area contributed by atoms with Crippen LogP contribution in [0.4, 0.5) is 0 Å². The summed E-state index contributed by atoms with van der Waals surface area (Å²) in [5, 5.41) is 0. The Morgan fingerprint density at radius 1 is 1.00 bits per heavy atom. The maximum atomic E-state index is 6.11. The van der Waals surface area contributed by atoms with Gasteiger partial charge in [-0.1, -0.05) is 51.2 Å². The molecule has 1 aromatic rings. The Morgan fingerprint density at radius 2 is 1.77 bits per heavy atom. The molecular weight excluding hydrogens is 272 g/mol. The highest BCUT2D eigenvalue weighted by Gasteiger charge is 2.22. The topological polar surface area (TPSA) is 18.5 Å². The fourth-order valence-corrected chi connectivity index (χ4v) is 3.28. The summed E-state index contributed by atoms with van der Waals surface area (Å²) in [5.41, 5.74) is 1.30. The summed E-state index contributed by atoms with van der Waals surface area (Å²) in [7, 11) is 0. The molecule has 2 unspecified atom stereocenters. The molecule has 22 heavy (non-hydrogen) atoms. The smallest absolute Gasteiger partial charge is 0.119 e. The minimum absolute atomic E-state index is 0.284. The van der Waals surface area contributed by atoms with Crippen LogP contribution < -0.4 is 4.74 Å².